The maximum absolute atomic E-state index is 15.1. The highest BCUT2D eigenvalue weighted by Crippen LogP contribution is 2.61. The van der Waals surface area contributed by atoms with Gasteiger partial charge in [0.25, 0.3) is 0 Å². The van der Waals surface area contributed by atoms with Gasteiger partial charge in [-0.15, -0.1) is 11.8 Å². The van der Waals surface area contributed by atoms with E-state index in [1.165, 1.54) is 32.9 Å². The smallest absolute Gasteiger partial charge is 0.504 e. The number of hydrogen-bond donors (Lipinski definition) is 2. The molecular weight excluding hydrogens is 890 g/mol. The van der Waals surface area contributed by atoms with E-state index in [0.717, 1.165) is 5.56 Å². The molecule has 20 heteroatoms. The summed E-state index contributed by atoms with van der Waals surface area (Å²) in [4.78, 5) is 44.7. The fourth-order valence-electron chi connectivity index (χ4n) is 10.0. The highest BCUT2D eigenvalue weighted by atomic mass is 32.2. The Balaban J connectivity index is 1.38. The van der Waals surface area contributed by atoms with E-state index >= 15 is 4.79 Å². The van der Waals surface area contributed by atoms with Crippen LogP contribution in [0.5, 0.6) is 40.2 Å². The van der Waals surface area contributed by atoms with Crippen molar-refractivity contribution in [2.45, 2.75) is 101 Å². The predicted molar refractivity (Wildman–Crippen MR) is 230 cm³/mol. The Hall–Kier alpha value is -5.62. The van der Waals surface area contributed by atoms with Crippen LogP contribution in [0.15, 0.2) is 18.2 Å². The Morgan fingerprint density at radius 2 is 1.71 bits per heavy atom. The summed E-state index contributed by atoms with van der Waals surface area (Å²) in [5, 5.41) is 25.7. The van der Waals surface area contributed by atoms with E-state index in [4.69, 9.17) is 37.9 Å². The van der Waals surface area contributed by atoms with Gasteiger partial charge >= 0.3 is 24.3 Å². The van der Waals surface area contributed by atoms with Gasteiger partial charge in [-0.2, -0.15) is 18.4 Å². The zero-order valence-corrected chi connectivity index (χ0v) is 38.7. The predicted octanol–water partition coefficient (Wildman–Crippen LogP) is 6.26. The van der Waals surface area contributed by atoms with Gasteiger partial charge in [0.15, 0.2) is 40.0 Å². The number of likely N-dealkylation sites (N-methyl/N-ethyl adjacent to an activating group) is 1. The summed E-state index contributed by atoms with van der Waals surface area (Å²) < 4.78 is 88.9. The van der Waals surface area contributed by atoms with Crippen molar-refractivity contribution in [2.24, 2.45) is 0 Å². The Labute approximate surface area is 383 Å². The number of ether oxygens (including phenoxy) is 8. The molecule has 0 amide bonds. The lowest BCUT2D eigenvalue weighted by molar-refractivity contribution is -0.189. The molecule has 354 valence electrons. The minimum absolute atomic E-state index is 0.0219. The van der Waals surface area contributed by atoms with Gasteiger partial charge in [0.2, 0.25) is 6.79 Å². The quantitative estimate of drug-likeness (QED) is 0.166. The Morgan fingerprint density at radius 3 is 2.36 bits per heavy atom. The van der Waals surface area contributed by atoms with Gasteiger partial charge in [-0.1, -0.05) is 6.07 Å². The van der Waals surface area contributed by atoms with Gasteiger partial charge in [-0.05, 0) is 102 Å². The lowest BCUT2D eigenvalue weighted by atomic mass is 9.77. The maximum atomic E-state index is 15.1. The van der Waals surface area contributed by atoms with Crippen LogP contribution < -0.4 is 33.7 Å². The van der Waals surface area contributed by atoms with Crippen molar-refractivity contribution in [3.05, 3.63) is 62.7 Å². The Kier molecular flexibility index (Phi) is 12.2. The van der Waals surface area contributed by atoms with E-state index in [9.17, 15) is 33.1 Å². The third-order valence-corrected chi connectivity index (χ3v) is 14.3. The van der Waals surface area contributed by atoms with Gasteiger partial charge in [0.1, 0.15) is 24.0 Å². The number of hydrogen-bond acceptors (Lipinski definition) is 17. The number of methoxy groups -OCH3 is 2. The molecule has 0 aromatic heterocycles. The normalized spacial score (nSPS) is 24.7. The van der Waals surface area contributed by atoms with Crippen LogP contribution in [-0.2, 0) is 43.9 Å². The molecule has 6 aliphatic rings. The summed E-state index contributed by atoms with van der Waals surface area (Å²) in [6.07, 6.45) is -5.67. The van der Waals surface area contributed by atoms with Crippen LogP contribution in [0, 0.1) is 25.2 Å². The number of nitrogens with one attached hydrogen (secondary N) is 1. The molecule has 3 aromatic carbocycles. The summed E-state index contributed by atoms with van der Waals surface area (Å²) in [5.74, 6) is -3.28. The molecule has 6 heterocycles. The number of aryl methyl sites for hydroxylation is 1. The van der Waals surface area contributed by atoms with E-state index in [1.807, 2.05) is 30.0 Å². The van der Waals surface area contributed by atoms with E-state index in [0.29, 0.717) is 35.1 Å². The number of thioether (sulfide) groups is 1. The van der Waals surface area contributed by atoms with Gasteiger partial charge in [0.05, 0.1) is 26.3 Å². The van der Waals surface area contributed by atoms with Crippen molar-refractivity contribution in [1.82, 2.24) is 15.1 Å². The molecule has 0 radical (unpaired) electrons. The monoisotopic (exact) mass is 940 g/mol. The molecule has 16 nitrogen and oxygen atoms in total. The minimum Gasteiger partial charge on any atom is -0.504 e. The second-order valence-electron chi connectivity index (χ2n) is 18.1. The number of nitriles is 1. The number of esters is 2. The number of aromatic hydroxyl groups is 1. The Bertz CT molecular complexity index is 2540. The van der Waals surface area contributed by atoms with Crippen LogP contribution in [0.3, 0.4) is 0 Å². The van der Waals surface area contributed by atoms with Crippen LogP contribution in [0.4, 0.5) is 18.0 Å². The highest BCUT2D eigenvalue weighted by molar-refractivity contribution is 7.99. The maximum Gasteiger partial charge on any atom is 0.514 e. The van der Waals surface area contributed by atoms with Crippen molar-refractivity contribution >= 4 is 29.9 Å². The first-order valence-electron chi connectivity index (χ1n) is 21.3. The number of alkyl halides is 3. The molecule has 6 aliphatic heterocycles. The second-order valence-corrected chi connectivity index (χ2v) is 19.3. The van der Waals surface area contributed by atoms with Crippen molar-refractivity contribution in [3.63, 3.8) is 0 Å². The zero-order valence-electron chi connectivity index (χ0n) is 37.9. The second kappa shape index (κ2) is 17.2. The van der Waals surface area contributed by atoms with Gasteiger partial charge < -0.3 is 47.9 Å². The number of nitrogens with zero attached hydrogens (tertiary/aromatic N) is 3. The van der Waals surface area contributed by atoms with E-state index < -0.39 is 77.2 Å². The molecule has 1 unspecified atom stereocenters. The fourth-order valence-corrected chi connectivity index (χ4v) is 11.7. The largest absolute Gasteiger partial charge is 0.514 e. The summed E-state index contributed by atoms with van der Waals surface area (Å²) in [6.45, 7) is 7.80. The number of phenols is 1. The molecule has 6 atom stereocenters. The highest BCUT2D eigenvalue weighted by Gasteiger charge is 2.56. The third kappa shape index (κ3) is 7.96. The average Bonchev–Trinajstić information content (AvgIpc) is 3.73. The van der Waals surface area contributed by atoms with E-state index in [-0.39, 0.29) is 76.7 Å². The standard InChI is InChI=1S/C46H51F3N4O12S/c1-21-12-24-13-27(52(6)7)29(17-50)53-28(15-25(24)35(54)36(21)59-9)40-34-33(39-38(61-20-62-39)22(2)37(34)64-42(56)46(47,48)49)30(53)18-60-41(55)45(19-66-40)26-16-31(58-8)32(14-23(26)10-11-51-45)63-43(57)65-44(3,4)5/h12,14,16,27-30,40,51,54H,10-11,13,15,18-20H2,1-9H3/t27-,28?,29-,30-,40-,45+/m0/s1. The molecular formula is C46H51F3N4O12S. The molecule has 0 aliphatic carbocycles. The van der Waals surface area contributed by atoms with Crippen molar-refractivity contribution in [2.75, 3.05) is 54.0 Å². The molecule has 66 heavy (non-hydrogen) atoms. The van der Waals surface area contributed by atoms with Crippen LogP contribution >= 0.6 is 11.8 Å². The number of fused-ring (bicyclic) bond motifs is 6. The van der Waals surface area contributed by atoms with Crippen LogP contribution in [0.25, 0.3) is 0 Å². The molecule has 2 N–H and O–H groups in total. The molecule has 2 bridgehead atoms. The summed E-state index contributed by atoms with van der Waals surface area (Å²) in [7, 11) is 6.46. The third-order valence-electron chi connectivity index (χ3n) is 12.8. The topological polar surface area (TPSA) is 188 Å². The number of rotatable bonds is 5. The Morgan fingerprint density at radius 1 is 0.985 bits per heavy atom. The van der Waals surface area contributed by atoms with Gasteiger partial charge in [0, 0.05) is 51.9 Å². The first-order chi connectivity index (χ1) is 31.1. The molecule has 0 saturated carbocycles. The fraction of sp³-hybridized carbons (Fsp3) is 0.522. The summed E-state index contributed by atoms with van der Waals surface area (Å²) in [5.41, 5.74) is 0.880. The molecule has 1 saturated heterocycles. The van der Waals surface area contributed by atoms with Crippen LogP contribution in [-0.4, -0.2) is 117 Å². The number of benzene rings is 3. The average molecular weight is 941 g/mol. The van der Waals surface area contributed by atoms with Crippen LogP contribution in [0.2, 0.25) is 0 Å². The van der Waals surface area contributed by atoms with E-state index in [1.54, 1.807) is 39.8 Å². The number of halogens is 3. The van der Waals surface area contributed by atoms with Crippen molar-refractivity contribution in [3.8, 4) is 46.3 Å². The summed E-state index contributed by atoms with van der Waals surface area (Å²) >= 11 is 1.17. The molecule has 3 aromatic rings. The SMILES string of the molecule is COc1cc2c(cc1OC(=O)OC(C)(C)C)CCN[C@]21CS[C@@H]2c3c(OC(=O)C(F)(F)F)c(C)c4c(c3[C@H](COC1=O)N1C2Cc2c(cc(C)c(OC)c2O)C[C@H](N(C)C)[C@@H]1C#N)OCO4. The molecule has 9 rings (SSSR count). The van der Waals surface area contributed by atoms with Crippen molar-refractivity contribution < 1.29 is 70.6 Å². The van der Waals surface area contributed by atoms with E-state index in [2.05, 4.69) is 11.4 Å². The molecule has 1 fully saturated rings. The van der Waals surface area contributed by atoms with Gasteiger partial charge in [-0.25, -0.2) is 14.4 Å². The minimum atomic E-state index is -5.39. The number of carbonyl (C=O) groups is 3. The van der Waals surface area contributed by atoms with Crippen molar-refractivity contribution in [1.29, 1.82) is 5.26 Å². The van der Waals surface area contributed by atoms with Gasteiger partial charge in [-0.3, -0.25) is 10.2 Å². The zero-order chi connectivity index (χ0) is 47.8. The lowest BCUT2D eigenvalue weighted by Gasteiger charge is -2.53. The summed E-state index contributed by atoms with van der Waals surface area (Å²) in [6, 6.07) is 4.11. The first kappa shape index (κ1) is 46.9. The first-order valence-corrected chi connectivity index (χ1v) is 22.3. The lowest BCUT2D eigenvalue weighted by Crippen LogP contribution is -2.62. The number of phenolic OH excluding ortho intramolecular Hbond substituents is 1. The van der Waals surface area contributed by atoms with Crippen LogP contribution in [0.1, 0.15) is 76.6 Å². The molecule has 1 spiro atoms. The number of carbonyl (C=O) groups excluding carboxylic acids is 3.